The smallest absolute Gasteiger partial charge is 0.149 e. The van der Waals surface area contributed by atoms with Crippen LogP contribution in [-0.4, -0.2) is 7.38 Å². The van der Waals surface area contributed by atoms with E-state index in [4.69, 9.17) is 11.1 Å². The van der Waals surface area contributed by atoms with Crippen LogP contribution in [0.3, 0.4) is 0 Å². The van der Waals surface area contributed by atoms with Crippen molar-refractivity contribution in [2.75, 3.05) is 0 Å². The highest BCUT2D eigenvalue weighted by Gasteiger charge is 2.38. The summed E-state index contributed by atoms with van der Waals surface area (Å²) < 4.78 is 0. The predicted octanol–water partition coefficient (Wildman–Crippen LogP) is 4.74. The molecule has 134 valence electrons. The van der Waals surface area contributed by atoms with Crippen molar-refractivity contribution in [2.24, 2.45) is 0 Å². The Hall–Kier alpha value is -1.83. The highest BCUT2D eigenvalue weighted by atomic mass is 35.6. The zero-order chi connectivity index (χ0) is 19.1. The van der Waals surface area contributed by atoms with Gasteiger partial charge in [0.1, 0.15) is 0 Å². The number of hydrogen-bond acceptors (Lipinski definition) is 0. The van der Waals surface area contributed by atoms with E-state index in [1.165, 1.54) is 48.9 Å². The molecule has 3 rings (SSSR count). The molecule has 3 aromatic carbocycles. The molecule has 3 aromatic rings. The lowest BCUT2D eigenvalue weighted by Gasteiger charge is -2.29. The lowest BCUT2D eigenvalue weighted by Crippen LogP contribution is -2.63. The van der Waals surface area contributed by atoms with Crippen LogP contribution in [0.25, 0.3) is 0 Å². The van der Waals surface area contributed by atoms with Crippen LogP contribution in [0.15, 0.2) is 54.6 Å². The van der Waals surface area contributed by atoms with Crippen LogP contribution in [0.2, 0.25) is 0 Å². The first kappa shape index (κ1) is 18.9. The molecule has 0 aliphatic rings. The molecule has 2 heteroatoms. The molecule has 0 fully saturated rings. The van der Waals surface area contributed by atoms with Crippen LogP contribution in [0.1, 0.15) is 33.4 Å². The topological polar surface area (TPSA) is 0 Å². The van der Waals surface area contributed by atoms with Crippen molar-refractivity contribution in [2.45, 2.75) is 41.5 Å². The van der Waals surface area contributed by atoms with E-state index in [0.717, 1.165) is 0 Å². The van der Waals surface area contributed by atoms with Gasteiger partial charge in [-0.05, 0) is 90.5 Å². The van der Waals surface area contributed by atoms with E-state index in [1.807, 2.05) is 0 Å². The molecular weight excluding hydrogens is 352 g/mol. The maximum Gasteiger partial charge on any atom is 0.247 e. The normalized spacial score (nSPS) is 11.7. The van der Waals surface area contributed by atoms with Crippen LogP contribution in [0, 0.1) is 41.5 Å². The summed E-state index contributed by atoms with van der Waals surface area (Å²) in [6.07, 6.45) is 0. The lowest BCUT2D eigenvalue weighted by atomic mass is 10.0. The quantitative estimate of drug-likeness (QED) is 0.350. The molecule has 0 saturated heterocycles. The molecular formula is C24H27ClSi. The van der Waals surface area contributed by atoms with E-state index in [0.29, 0.717) is 0 Å². The fraction of sp³-hybridized carbons (Fsp3) is 0.250. The molecule has 0 aliphatic carbocycles. The van der Waals surface area contributed by atoms with Crippen molar-refractivity contribution in [1.82, 2.24) is 0 Å². The van der Waals surface area contributed by atoms with Gasteiger partial charge < -0.3 is 0 Å². The summed E-state index contributed by atoms with van der Waals surface area (Å²) in [7, 11) is -2.58. The summed E-state index contributed by atoms with van der Waals surface area (Å²) in [5.74, 6) is 0. The summed E-state index contributed by atoms with van der Waals surface area (Å²) in [6.45, 7) is 13.1. The van der Waals surface area contributed by atoms with Crippen LogP contribution < -0.4 is 15.6 Å². The fourth-order valence-electron chi connectivity index (χ4n) is 3.64. The van der Waals surface area contributed by atoms with Gasteiger partial charge in [-0.1, -0.05) is 54.6 Å². The molecule has 0 atom stereocenters. The van der Waals surface area contributed by atoms with Crippen LogP contribution in [0.5, 0.6) is 0 Å². The van der Waals surface area contributed by atoms with Gasteiger partial charge in [0.15, 0.2) is 0 Å². The van der Waals surface area contributed by atoms with Crippen molar-refractivity contribution in [1.29, 1.82) is 0 Å². The standard InChI is InChI=1S/C24H27ClSi/c1-16-12-23(13-17(2)20(16)5)26(25,22-10-8-7-9-11-22)24-14-18(3)21(6)19(4)15-24/h7-15H,1-6H3. The molecule has 0 aromatic heterocycles. The Morgan fingerprint density at radius 2 is 0.885 bits per heavy atom. The Morgan fingerprint density at radius 3 is 1.23 bits per heavy atom. The first-order valence-electron chi connectivity index (χ1n) is 9.16. The zero-order valence-corrected chi connectivity index (χ0v) is 18.3. The molecule has 0 bridgehead atoms. The van der Waals surface area contributed by atoms with Gasteiger partial charge in [0.05, 0.1) is 0 Å². The van der Waals surface area contributed by atoms with Crippen LogP contribution >= 0.6 is 11.1 Å². The second kappa shape index (κ2) is 7.06. The summed E-state index contributed by atoms with van der Waals surface area (Å²) in [5.41, 5.74) is 7.96. The minimum atomic E-state index is -2.58. The lowest BCUT2D eigenvalue weighted by molar-refractivity contribution is 1.27. The minimum Gasteiger partial charge on any atom is -0.149 e. The maximum absolute atomic E-state index is 7.65. The Bertz CT molecular complexity index is 854. The predicted molar refractivity (Wildman–Crippen MR) is 118 cm³/mol. The third kappa shape index (κ3) is 3.15. The van der Waals surface area contributed by atoms with Crippen molar-refractivity contribution in [3.63, 3.8) is 0 Å². The molecule has 0 saturated carbocycles. The van der Waals surface area contributed by atoms with Gasteiger partial charge in [0, 0.05) is 0 Å². The number of aryl methyl sites for hydroxylation is 4. The molecule has 26 heavy (non-hydrogen) atoms. The minimum absolute atomic E-state index is 1.24. The molecule has 0 spiro atoms. The summed E-state index contributed by atoms with van der Waals surface area (Å²) in [4.78, 5) is 0. The van der Waals surface area contributed by atoms with Crippen LogP contribution in [-0.2, 0) is 0 Å². The van der Waals surface area contributed by atoms with Crippen molar-refractivity contribution >= 4 is 34.0 Å². The number of hydrogen-bond donors (Lipinski definition) is 0. The molecule has 0 nitrogen and oxygen atoms in total. The van der Waals surface area contributed by atoms with Crippen molar-refractivity contribution in [3.8, 4) is 0 Å². The Kier molecular flexibility index (Phi) is 5.14. The molecule has 0 unspecified atom stereocenters. The summed E-state index contributed by atoms with van der Waals surface area (Å²) >= 11 is 7.65. The fourth-order valence-corrected chi connectivity index (χ4v) is 7.98. The number of rotatable bonds is 3. The zero-order valence-electron chi connectivity index (χ0n) is 16.6. The Morgan fingerprint density at radius 1 is 0.538 bits per heavy atom. The molecule has 0 N–H and O–H groups in total. The second-order valence-corrected chi connectivity index (χ2v) is 12.2. The van der Waals surface area contributed by atoms with Gasteiger partial charge in [0.2, 0.25) is 7.38 Å². The van der Waals surface area contributed by atoms with Gasteiger partial charge in [-0.2, -0.15) is 0 Å². The highest BCUT2D eigenvalue weighted by molar-refractivity contribution is 7.40. The average Bonchev–Trinajstić information content (AvgIpc) is 2.63. The number of benzene rings is 3. The van der Waals surface area contributed by atoms with Gasteiger partial charge >= 0.3 is 0 Å². The van der Waals surface area contributed by atoms with Crippen molar-refractivity contribution in [3.05, 3.63) is 88.0 Å². The van der Waals surface area contributed by atoms with Crippen LogP contribution in [0.4, 0.5) is 0 Å². The Labute approximate surface area is 163 Å². The SMILES string of the molecule is Cc1cc([Si](Cl)(c2ccccc2)c2cc(C)c(C)c(C)c2)cc(C)c1C. The summed E-state index contributed by atoms with van der Waals surface area (Å²) in [6, 6.07) is 19.9. The van der Waals surface area contributed by atoms with E-state index >= 15 is 0 Å². The molecule has 0 heterocycles. The van der Waals surface area contributed by atoms with Crippen molar-refractivity contribution < 1.29 is 0 Å². The Balaban J connectivity index is 2.35. The monoisotopic (exact) mass is 378 g/mol. The van der Waals surface area contributed by atoms with E-state index in [-0.39, 0.29) is 0 Å². The average molecular weight is 379 g/mol. The second-order valence-electron chi connectivity index (χ2n) is 7.49. The first-order valence-corrected chi connectivity index (χ1v) is 12.2. The van der Waals surface area contributed by atoms with E-state index in [9.17, 15) is 0 Å². The third-order valence-corrected chi connectivity index (χ3v) is 11.1. The highest BCUT2D eigenvalue weighted by Crippen LogP contribution is 2.20. The summed E-state index contributed by atoms with van der Waals surface area (Å²) in [5, 5.41) is 3.79. The largest absolute Gasteiger partial charge is 0.247 e. The van der Waals surface area contributed by atoms with E-state index < -0.39 is 7.38 Å². The van der Waals surface area contributed by atoms with Gasteiger partial charge in [-0.15, -0.1) is 11.1 Å². The molecule has 0 amide bonds. The van der Waals surface area contributed by atoms with Gasteiger partial charge in [-0.25, -0.2) is 0 Å². The van der Waals surface area contributed by atoms with E-state index in [1.54, 1.807) is 0 Å². The molecule has 0 radical (unpaired) electrons. The van der Waals surface area contributed by atoms with Gasteiger partial charge in [0.25, 0.3) is 0 Å². The van der Waals surface area contributed by atoms with Gasteiger partial charge in [-0.3, -0.25) is 0 Å². The maximum atomic E-state index is 7.65. The van der Waals surface area contributed by atoms with E-state index in [2.05, 4.69) is 96.1 Å². The third-order valence-electron chi connectivity index (χ3n) is 5.82. The first-order chi connectivity index (χ1) is 12.2. The number of halogens is 1. The molecule has 0 aliphatic heterocycles.